The summed E-state index contributed by atoms with van der Waals surface area (Å²) in [5.41, 5.74) is -4.94. The molecular formula is C15H7F9O. The number of ether oxygens (including phenoxy) is 1. The van der Waals surface area contributed by atoms with E-state index in [4.69, 9.17) is 0 Å². The third-order valence-electron chi connectivity index (χ3n) is 3.05. The second-order valence-corrected chi connectivity index (χ2v) is 4.80. The van der Waals surface area contributed by atoms with Crippen molar-refractivity contribution in [3.05, 3.63) is 53.6 Å². The van der Waals surface area contributed by atoms with Crippen LogP contribution in [0.25, 0.3) is 11.1 Å². The molecular weight excluding hydrogens is 367 g/mol. The van der Waals surface area contributed by atoms with Crippen molar-refractivity contribution >= 4 is 0 Å². The van der Waals surface area contributed by atoms with Crippen LogP contribution in [0.1, 0.15) is 11.1 Å². The van der Waals surface area contributed by atoms with Crippen molar-refractivity contribution in [3.8, 4) is 16.9 Å². The largest absolute Gasteiger partial charge is 0.573 e. The Labute approximate surface area is 134 Å². The van der Waals surface area contributed by atoms with E-state index in [1.54, 1.807) is 0 Å². The van der Waals surface area contributed by atoms with Gasteiger partial charge in [0.1, 0.15) is 5.75 Å². The van der Waals surface area contributed by atoms with Crippen LogP contribution in [0, 0.1) is 0 Å². The van der Waals surface area contributed by atoms with Gasteiger partial charge in [-0.25, -0.2) is 0 Å². The molecule has 0 fully saturated rings. The third kappa shape index (κ3) is 4.58. The van der Waals surface area contributed by atoms with E-state index >= 15 is 0 Å². The van der Waals surface area contributed by atoms with Gasteiger partial charge in [-0.2, -0.15) is 26.3 Å². The first-order valence-corrected chi connectivity index (χ1v) is 6.42. The fraction of sp³-hybridized carbons (Fsp3) is 0.200. The monoisotopic (exact) mass is 374 g/mol. The highest BCUT2D eigenvalue weighted by Gasteiger charge is 2.44. The van der Waals surface area contributed by atoms with Crippen LogP contribution in [0.5, 0.6) is 5.75 Å². The van der Waals surface area contributed by atoms with Crippen LogP contribution < -0.4 is 4.74 Å². The zero-order chi connectivity index (χ0) is 19.0. The van der Waals surface area contributed by atoms with Gasteiger partial charge in [-0.05, 0) is 29.3 Å². The van der Waals surface area contributed by atoms with Gasteiger partial charge in [-0.3, -0.25) is 0 Å². The Morgan fingerprint density at radius 2 is 1.20 bits per heavy atom. The van der Waals surface area contributed by atoms with Crippen LogP contribution in [0.15, 0.2) is 42.5 Å². The van der Waals surface area contributed by atoms with E-state index in [-0.39, 0.29) is 11.6 Å². The summed E-state index contributed by atoms with van der Waals surface area (Å²) in [5, 5.41) is 0. The van der Waals surface area contributed by atoms with Crippen molar-refractivity contribution in [2.45, 2.75) is 18.7 Å². The predicted octanol–water partition coefficient (Wildman–Crippen LogP) is 6.29. The molecule has 0 spiro atoms. The standard InChI is InChI=1S/C15H7F9O/c16-13(17,18)11-3-1-2-10(12(11)14(19,20)21)8-4-6-9(7-5-8)25-15(22,23)24/h1-7H. The van der Waals surface area contributed by atoms with Crippen LogP contribution in [0.2, 0.25) is 0 Å². The maximum Gasteiger partial charge on any atom is 0.573 e. The molecule has 0 aliphatic carbocycles. The van der Waals surface area contributed by atoms with Gasteiger partial charge in [-0.1, -0.05) is 24.3 Å². The highest BCUT2D eigenvalue weighted by atomic mass is 19.4. The third-order valence-corrected chi connectivity index (χ3v) is 3.05. The molecule has 0 saturated carbocycles. The van der Waals surface area contributed by atoms with Gasteiger partial charge in [-0.15, -0.1) is 13.2 Å². The Morgan fingerprint density at radius 1 is 0.640 bits per heavy atom. The molecule has 0 aromatic heterocycles. The first-order chi connectivity index (χ1) is 11.3. The van der Waals surface area contributed by atoms with Crippen molar-refractivity contribution < 1.29 is 44.3 Å². The molecule has 136 valence electrons. The highest BCUT2D eigenvalue weighted by Crippen LogP contribution is 2.45. The van der Waals surface area contributed by atoms with Gasteiger partial charge in [0, 0.05) is 0 Å². The Bertz CT molecular complexity index is 740. The average molecular weight is 374 g/mol. The highest BCUT2D eigenvalue weighted by molar-refractivity contribution is 5.70. The minimum absolute atomic E-state index is 0.285. The predicted molar refractivity (Wildman–Crippen MR) is 68.6 cm³/mol. The van der Waals surface area contributed by atoms with Gasteiger partial charge < -0.3 is 4.74 Å². The molecule has 0 amide bonds. The van der Waals surface area contributed by atoms with E-state index in [0.717, 1.165) is 24.3 Å². The fourth-order valence-electron chi connectivity index (χ4n) is 2.17. The van der Waals surface area contributed by atoms with Crippen LogP contribution in [0.3, 0.4) is 0 Å². The molecule has 1 nitrogen and oxygen atoms in total. The quantitative estimate of drug-likeness (QED) is 0.562. The number of benzene rings is 2. The van der Waals surface area contributed by atoms with Crippen LogP contribution in [-0.4, -0.2) is 6.36 Å². The summed E-state index contributed by atoms with van der Waals surface area (Å²) in [6.07, 6.45) is -15.6. The van der Waals surface area contributed by atoms with Crippen molar-refractivity contribution in [3.63, 3.8) is 0 Å². The van der Waals surface area contributed by atoms with Crippen molar-refractivity contribution in [2.75, 3.05) is 0 Å². The summed E-state index contributed by atoms with van der Waals surface area (Å²) in [6, 6.07) is 4.92. The van der Waals surface area contributed by atoms with Crippen LogP contribution in [0.4, 0.5) is 39.5 Å². The summed E-state index contributed by atoms with van der Waals surface area (Å²) in [6.45, 7) is 0. The zero-order valence-electron chi connectivity index (χ0n) is 11.9. The lowest BCUT2D eigenvalue weighted by Gasteiger charge is -2.19. The van der Waals surface area contributed by atoms with Crippen LogP contribution >= 0.6 is 0 Å². The summed E-state index contributed by atoms with van der Waals surface area (Å²) < 4.78 is 118. The molecule has 0 bridgehead atoms. The Kier molecular flexibility index (Phi) is 4.67. The molecule has 0 radical (unpaired) electrons. The second-order valence-electron chi connectivity index (χ2n) is 4.80. The lowest BCUT2D eigenvalue weighted by atomic mass is 9.94. The minimum atomic E-state index is -5.32. The molecule has 0 unspecified atom stereocenters. The summed E-state index contributed by atoms with van der Waals surface area (Å²) >= 11 is 0. The maximum absolute atomic E-state index is 13.2. The topological polar surface area (TPSA) is 9.23 Å². The number of rotatable bonds is 2. The molecule has 0 atom stereocenters. The van der Waals surface area contributed by atoms with Crippen molar-refractivity contribution in [1.29, 1.82) is 0 Å². The van der Waals surface area contributed by atoms with Crippen molar-refractivity contribution in [1.82, 2.24) is 0 Å². The molecule has 2 aromatic rings. The van der Waals surface area contributed by atoms with Crippen LogP contribution in [-0.2, 0) is 12.4 Å². The SMILES string of the molecule is FC(F)(F)Oc1ccc(-c2cccc(C(F)(F)F)c2C(F)(F)F)cc1. The zero-order valence-corrected chi connectivity index (χ0v) is 11.9. The molecule has 0 saturated heterocycles. The molecule has 0 heterocycles. The molecule has 0 N–H and O–H groups in total. The number of halogens is 9. The summed E-state index contributed by atoms with van der Waals surface area (Å²) in [5.74, 6) is -0.711. The molecule has 2 aromatic carbocycles. The van der Waals surface area contributed by atoms with Gasteiger partial charge in [0.2, 0.25) is 0 Å². The molecule has 25 heavy (non-hydrogen) atoms. The maximum atomic E-state index is 13.2. The van der Waals surface area contributed by atoms with E-state index in [1.165, 1.54) is 0 Å². The van der Waals surface area contributed by atoms with Crippen molar-refractivity contribution in [2.24, 2.45) is 0 Å². The first-order valence-electron chi connectivity index (χ1n) is 6.42. The van der Waals surface area contributed by atoms with E-state index in [0.29, 0.717) is 12.1 Å². The molecule has 2 rings (SSSR count). The van der Waals surface area contributed by atoms with Gasteiger partial charge >= 0.3 is 18.7 Å². The molecule has 0 aliphatic rings. The van der Waals surface area contributed by atoms with Gasteiger partial charge in [0.05, 0.1) is 11.1 Å². The van der Waals surface area contributed by atoms with E-state index in [2.05, 4.69) is 4.74 Å². The first kappa shape index (κ1) is 18.9. The van der Waals surface area contributed by atoms with E-state index in [9.17, 15) is 39.5 Å². The van der Waals surface area contributed by atoms with Gasteiger partial charge in [0.25, 0.3) is 0 Å². The Hall–Kier alpha value is -2.39. The Morgan fingerprint density at radius 3 is 1.64 bits per heavy atom. The molecule has 10 heteroatoms. The average Bonchev–Trinajstić information content (AvgIpc) is 2.44. The number of hydrogen-bond donors (Lipinski definition) is 0. The molecule has 0 aliphatic heterocycles. The minimum Gasteiger partial charge on any atom is -0.406 e. The number of hydrogen-bond acceptors (Lipinski definition) is 1. The normalized spacial score (nSPS) is 13.0. The summed E-state index contributed by atoms with van der Waals surface area (Å²) in [7, 11) is 0. The lowest BCUT2D eigenvalue weighted by molar-refractivity contribution is -0.274. The number of alkyl halides is 9. The fourth-order valence-corrected chi connectivity index (χ4v) is 2.17. The lowest BCUT2D eigenvalue weighted by Crippen LogP contribution is -2.18. The smallest absolute Gasteiger partial charge is 0.406 e. The second kappa shape index (κ2) is 6.16. The summed E-state index contributed by atoms with van der Waals surface area (Å²) in [4.78, 5) is 0. The van der Waals surface area contributed by atoms with E-state index in [1.807, 2.05) is 0 Å². The van der Waals surface area contributed by atoms with E-state index < -0.39 is 41.2 Å². The Balaban J connectivity index is 2.56. The van der Waals surface area contributed by atoms with Gasteiger partial charge in [0.15, 0.2) is 0 Å².